The van der Waals surface area contributed by atoms with Gasteiger partial charge in [0.25, 0.3) is 0 Å². The van der Waals surface area contributed by atoms with Crippen LogP contribution in [-0.2, 0) is 4.79 Å². The van der Waals surface area contributed by atoms with Crippen LogP contribution in [0.15, 0.2) is 22.7 Å². The van der Waals surface area contributed by atoms with Crippen LogP contribution in [0.4, 0.5) is 10.5 Å². The van der Waals surface area contributed by atoms with Crippen molar-refractivity contribution in [2.45, 2.75) is 26.2 Å². The number of piperidine rings is 1. The second-order valence-electron chi connectivity index (χ2n) is 5.44. The molecule has 21 heavy (non-hydrogen) atoms. The molecule has 6 heteroatoms. The molecular weight excluding hydrogens is 336 g/mol. The molecular formula is C15H19BrN2O3. The quantitative estimate of drug-likeness (QED) is 0.872. The van der Waals surface area contributed by atoms with E-state index in [0.717, 1.165) is 28.6 Å². The highest BCUT2D eigenvalue weighted by Gasteiger charge is 2.25. The predicted octanol–water partition coefficient (Wildman–Crippen LogP) is 3.48. The van der Waals surface area contributed by atoms with Gasteiger partial charge in [-0.05, 0) is 49.4 Å². The number of aryl methyl sites for hydroxylation is 1. The number of amides is 2. The lowest BCUT2D eigenvalue weighted by atomic mass is 9.95. The van der Waals surface area contributed by atoms with Gasteiger partial charge in [-0.15, -0.1) is 0 Å². The number of anilines is 1. The Bertz CT molecular complexity index is 548. The summed E-state index contributed by atoms with van der Waals surface area (Å²) < 4.78 is 0.970. The number of carboxylic acid groups (broad SMARTS) is 1. The molecule has 1 heterocycles. The van der Waals surface area contributed by atoms with Crippen LogP contribution in [0.25, 0.3) is 0 Å². The number of carbonyl (C=O) groups excluding carboxylic acids is 1. The van der Waals surface area contributed by atoms with Crippen molar-refractivity contribution in [3.63, 3.8) is 0 Å². The Morgan fingerprint density at radius 1 is 1.48 bits per heavy atom. The summed E-state index contributed by atoms with van der Waals surface area (Å²) in [6.07, 6.45) is 1.85. The van der Waals surface area contributed by atoms with Gasteiger partial charge in [0.05, 0.1) is 0 Å². The van der Waals surface area contributed by atoms with Crippen LogP contribution < -0.4 is 5.32 Å². The van der Waals surface area contributed by atoms with Crippen molar-refractivity contribution < 1.29 is 14.7 Å². The van der Waals surface area contributed by atoms with E-state index in [1.165, 1.54) is 0 Å². The number of hydrogen-bond acceptors (Lipinski definition) is 2. The number of urea groups is 1. The fraction of sp³-hybridized carbons (Fsp3) is 0.467. The highest BCUT2D eigenvalue weighted by Crippen LogP contribution is 2.23. The van der Waals surface area contributed by atoms with E-state index in [1.54, 1.807) is 4.90 Å². The maximum absolute atomic E-state index is 12.3. The van der Waals surface area contributed by atoms with Crippen LogP contribution in [0, 0.1) is 12.8 Å². The predicted molar refractivity (Wildman–Crippen MR) is 84.4 cm³/mol. The normalized spacial score (nSPS) is 18.4. The van der Waals surface area contributed by atoms with Crippen molar-refractivity contribution in [3.8, 4) is 0 Å². The average Bonchev–Trinajstić information content (AvgIpc) is 2.41. The zero-order chi connectivity index (χ0) is 15.4. The monoisotopic (exact) mass is 354 g/mol. The Balaban J connectivity index is 1.97. The number of aliphatic carboxylic acids is 1. The van der Waals surface area contributed by atoms with E-state index in [4.69, 9.17) is 5.11 Å². The van der Waals surface area contributed by atoms with Crippen LogP contribution in [0.3, 0.4) is 0 Å². The number of nitrogens with one attached hydrogen (secondary N) is 1. The minimum Gasteiger partial charge on any atom is -0.481 e. The Morgan fingerprint density at radius 2 is 2.24 bits per heavy atom. The molecule has 0 bridgehead atoms. The van der Waals surface area contributed by atoms with Gasteiger partial charge in [-0.25, -0.2) is 4.79 Å². The van der Waals surface area contributed by atoms with Gasteiger partial charge in [-0.3, -0.25) is 4.79 Å². The SMILES string of the molecule is Cc1cc(Br)ccc1NC(=O)N1CCCC(CC(=O)O)C1. The van der Waals surface area contributed by atoms with Gasteiger partial charge in [0.1, 0.15) is 0 Å². The number of carboxylic acids is 1. The molecule has 1 atom stereocenters. The number of benzene rings is 1. The highest BCUT2D eigenvalue weighted by molar-refractivity contribution is 9.10. The fourth-order valence-electron chi connectivity index (χ4n) is 2.62. The smallest absolute Gasteiger partial charge is 0.321 e. The van der Waals surface area contributed by atoms with E-state index in [1.807, 2.05) is 25.1 Å². The summed E-state index contributed by atoms with van der Waals surface area (Å²) in [4.78, 5) is 24.8. The Kier molecular flexibility index (Phi) is 5.22. The second-order valence-corrected chi connectivity index (χ2v) is 6.36. The first-order valence-corrected chi connectivity index (χ1v) is 7.79. The topological polar surface area (TPSA) is 69.6 Å². The fourth-order valence-corrected chi connectivity index (χ4v) is 3.10. The Hall–Kier alpha value is -1.56. The van der Waals surface area contributed by atoms with Gasteiger partial charge >= 0.3 is 12.0 Å². The standard InChI is InChI=1S/C15H19BrN2O3/c1-10-7-12(16)4-5-13(10)17-15(21)18-6-2-3-11(9-18)8-14(19)20/h4-5,7,11H,2-3,6,8-9H2,1H3,(H,17,21)(H,19,20). The van der Waals surface area contributed by atoms with Crippen molar-refractivity contribution in [2.24, 2.45) is 5.92 Å². The third-order valence-corrected chi connectivity index (χ3v) is 4.19. The van der Waals surface area contributed by atoms with Crippen LogP contribution >= 0.6 is 15.9 Å². The minimum atomic E-state index is -0.800. The largest absolute Gasteiger partial charge is 0.481 e. The van der Waals surface area contributed by atoms with Crippen LogP contribution in [0.1, 0.15) is 24.8 Å². The molecule has 0 aromatic heterocycles. The molecule has 114 valence electrons. The molecule has 1 saturated heterocycles. The molecule has 2 N–H and O–H groups in total. The first-order chi connectivity index (χ1) is 9.95. The van der Waals surface area contributed by atoms with E-state index in [2.05, 4.69) is 21.2 Å². The number of carbonyl (C=O) groups is 2. The van der Waals surface area contributed by atoms with E-state index >= 15 is 0 Å². The van der Waals surface area contributed by atoms with Crippen molar-refractivity contribution >= 4 is 33.6 Å². The highest BCUT2D eigenvalue weighted by atomic mass is 79.9. The zero-order valence-electron chi connectivity index (χ0n) is 11.9. The van der Waals surface area contributed by atoms with Gasteiger partial charge in [-0.1, -0.05) is 15.9 Å². The summed E-state index contributed by atoms with van der Waals surface area (Å²) in [5.41, 5.74) is 1.76. The van der Waals surface area contributed by atoms with Gasteiger partial charge in [0, 0.05) is 29.7 Å². The van der Waals surface area contributed by atoms with Crippen LogP contribution in [0.5, 0.6) is 0 Å². The summed E-state index contributed by atoms with van der Waals surface area (Å²) >= 11 is 3.39. The third kappa shape index (κ3) is 4.46. The number of nitrogens with zero attached hydrogens (tertiary/aromatic N) is 1. The van der Waals surface area contributed by atoms with Crippen LogP contribution in [0.2, 0.25) is 0 Å². The third-order valence-electron chi connectivity index (χ3n) is 3.70. The van der Waals surface area contributed by atoms with E-state index < -0.39 is 5.97 Å². The molecule has 1 fully saturated rings. The maximum Gasteiger partial charge on any atom is 0.321 e. The van der Waals surface area contributed by atoms with Gasteiger partial charge in [0.15, 0.2) is 0 Å². The lowest BCUT2D eigenvalue weighted by molar-refractivity contribution is -0.138. The van der Waals surface area contributed by atoms with Gasteiger partial charge in [-0.2, -0.15) is 0 Å². The first kappa shape index (κ1) is 15.8. The molecule has 1 aliphatic rings. The van der Waals surface area contributed by atoms with Gasteiger partial charge in [0.2, 0.25) is 0 Å². The Labute approximate surface area is 132 Å². The lowest BCUT2D eigenvalue weighted by Gasteiger charge is -2.32. The number of rotatable bonds is 3. The van der Waals surface area contributed by atoms with Crippen LogP contribution in [-0.4, -0.2) is 35.1 Å². The molecule has 2 amide bonds. The van der Waals surface area contributed by atoms with Crippen molar-refractivity contribution in [1.82, 2.24) is 4.90 Å². The molecule has 1 aromatic rings. The summed E-state index contributed by atoms with van der Waals surface area (Å²) in [5, 5.41) is 11.8. The Morgan fingerprint density at radius 3 is 2.90 bits per heavy atom. The average molecular weight is 355 g/mol. The van der Waals surface area contributed by atoms with Crippen molar-refractivity contribution in [1.29, 1.82) is 0 Å². The van der Waals surface area contributed by atoms with Gasteiger partial charge < -0.3 is 15.3 Å². The van der Waals surface area contributed by atoms with E-state index in [-0.39, 0.29) is 18.4 Å². The summed E-state index contributed by atoms with van der Waals surface area (Å²) in [6.45, 7) is 3.12. The molecule has 0 saturated carbocycles. The maximum atomic E-state index is 12.3. The number of likely N-dealkylation sites (tertiary alicyclic amines) is 1. The lowest BCUT2D eigenvalue weighted by Crippen LogP contribution is -2.42. The molecule has 2 rings (SSSR count). The molecule has 0 spiro atoms. The molecule has 1 unspecified atom stereocenters. The summed E-state index contributed by atoms with van der Waals surface area (Å²) in [5.74, 6) is -0.751. The van der Waals surface area contributed by atoms with Crippen molar-refractivity contribution in [3.05, 3.63) is 28.2 Å². The minimum absolute atomic E-state index is 0.0491. The molecule has 5 nitrogen and oxygen atoms in total. The van der Waals surface area contributed by atoms with Crippen molar-refractivity contribution in [2.75, 3.05) is 18.4 Å². The molecule has 1 aromatic carbocycles. The number of halogens is 1. The zero-order valence-corrected chi connectivity index (χ0v) is 13.5. The molecule has 0 aliphatic carbocycles. The van der Waals surface area contributed by atoms with E-state index in [0.29, 0.717) is 13.1 Å². The summed E-state index contributed by atoms with van der Waals surface area (Å²) in [7, 11) is 0. The second kappa shape index (κ2) is 6.93. The molecule has 1 aliphatic heterocycles. The summed E-state index contributed by atoms with van der Waals surface area (Å²) in [6, 6.07) is 5.52. The first-order valence-electron chi connectivity index (χ1n) is 6.99. The molecule has 0 radical (unpaired) electrons. The number of hydrogen-bond donors (Lipinski definition) is 2. The van der Waals surface area contributed by atoms with E-state index in [9.17, 15) is 9.59 Å².